The molecule has 36 heavy (non-hydrogen) atoms. The van der Waals surface area contributed by atoms with E-state index < -0.39 is 10.0 Å². The van der Waals surface area contributed by atoms with Gasteiger partial charge in [-0.3, -0.25) is 9.10 Å². The number of sulfonamides is 1. The minimum absolute atomic E-state index is 0.136. The van der Waals surface area contributed by atoms with Crippen molar-refractivity contribution < 1.29 is 13.2 Å². The quantitative estimate of drug-likeness (QED) is 0.415. The first-order valence-electron chi connectivity index (χ1n) is 12.6. The number of anilines is 2. The Labute approximate surface area is 215 Å². The molecule has 3 aromatic rings. The summed E-state index contributed by atoms with van der Waals surface area (Å²) in [5.74, 6) is -0.136. The molecule has 4 rings (SSSR count). The molecule has 0 aromatic heterocycles. The van der Waals surface area contributed by atoms with E-state index in [1.165, 1.54) is 15.9 Å². The minimum Gasteiger partial charge on any atom is -0.365 e. The summed E-state index contributed by atoms with van der Waals surface area (Å²) in [6.07, 6.45) is 1.62. The zero-order valence-corrected chi connectivity index (χ0v) is 22.1. The summed E-state index contributed by atoms with van der Waals surface area (Å²) in [5.41, 5.74) is 3.40. The SMILES string of the molecule is CCCCN(c1ccccc1)S(=O)(=O)c1cccc(C(=O)N2CCN(c3cccc(C)c3)[C@@H](C)C2)c1. The molecule has 0 bridgehead atoms. The van der Waals surface area contributed by atoms with Crippen molar-refractivity contribution in [3.63, 3.8) is 0 Å². The zero-order chi connectivity index (χ0) is 25.7. The van der Waals surface area contributed by atoms with Gasteiger partial charge >= 0.3 is 0 Å². The number of hydrogen-bond donors (Lipinski definition) is 0. The molecule has 1 fully saturated rings. The van der Waals surface area contributed by atoms with Crippen molar-refractivity contribution >= 4 is 27.3 Å². The van der Waals surface area contributed by atoms with Gasteiger partial charge in [-0.2, -0.15) is 0 Å². The molecule has 7 heteroatoms. The summed E-state index contributed by atoms with van der Waals surface area (Å²) >= 11 is 0. The maximum atomic E-state index is 13.7. The summed E-state index contributed by atoms with van der Waals surface area (Å²) in [6, 6.07) is 24.2. The Hall–Kier alpha value is -3.32. The lowest BCUT2D eigenvalue weighted by Crippen LogP contribution is -2.53. The fourth-order valence-electron chi connectivity index (χ4n) is 4.72. The van der Waals surface area contributed by atoms with Crippen molar-refractivity contribution in [2.75, 3.05) is 35.4 Å². The van der Waals surface area contributed by atoms with Crippen LogP contribution >= 0.6 is 0 Å². The number of nitrogens with zero attached hydrogens (tertiary/aromatic N) is 3. The van der Waals surface area contributed by atoms with Gasteiger partial charge in [-0.05, 0) is 68.3 Å². The third-order valence-corrected chi connectivity index (χ3v) is 8.50. The van der Waals surface area contributed by atoms with Crippen molar-refractivity contribution in [3.05, 3.63) is 90.0 Å². The molecule has 190 valence electrons. The molecular weight excluding hydrogens is 470 g/mol. The van der Waals surface area contributed by atoms with Crippen molar-refractivity contribution in [1.29, 1.82) is 0 Å². The molecular formula is C29H35N3O3S. The number of carbonyl (C=O) groups excluding carboxylic acids is 1. The Balaban J connectivity index is 1.54. The van der Waals surface area contributed by atoms with E-state index in [9.17, 15) is 13.2 Å². The predicted octanol–water partition coefficient (Wildman–Crippen LogP) is 5.34. The maximum absolute atomic E-state index is 13.7. The van der Waals surface area contributed by atoms with Gasteiger partial charge in [0.15, 0.2) is 0 Å². The Morgan fingerprint density at radius 1 is 0.972 bits per heavy atom. The highest BCUT2D eigenvalue weighted by atomic mass is 32.2. The number of para-hydroxylation sites is 1. The lowest BCUT2D eigenvalue weighted by Gasteiger charge is -2.41. The van der Waals surface area contributed by atoms with E-state index in [0.717, 1.165) is 25.1 Å². The van der Waals surface area contributed by atoms with Crippen molar-refractivity contribution in [2.24, 2.45) is 0 Å². The van der Waals surface area contributed by atoms with Crippen LogP contribution in [0.2, 0.25) is 0 Å². The minimum atomic E-state index is -3.82. The first kappa shape index (κ1) is 25.8. The van der Waals surface area contributed by atoms with Crippen molar-refractivity contribution in [3.8, 4) is 0 Å². The topological polar surface area (TPSA) is 60.9 Å². The first-order valence-corrected chi connectivity index (χ1v) is 14.1. The highest BCUT2D eigenvalue weighted by Gasteiger charge is 2.29. The normalized spacial score (nSPS) is 16.1. The number of rotatable bonds is 8. The molecule has 0 N–H and O–H groups in total. The van der Waals surface area contributed by atoms with Crippen LogP contribution in [0.1, 0.15) is 42.6 Å². The average molecular weight is 506 g/mol. The number of hydrogen-bond acceptors (Lipinski definition) is 4. The lowest BCUT2D eigenvalue weighted by atomic mass is 10.1. The smallest absolute Gasteiger partial charge is 0.264 e. The van der Waals surface area contributed by atoms with Crippen LogP contribution < -0.4 is 9.21 Å². The van der Waals surface area contributed by atoms with Crippen molar-refractivity contribution in [1.82, 2.24) is 4.90 Å². The second-order valence-corrected chi connectivity index (χ2v) is 11.3. The molecule has 0 unspecified atom stereocenters. The van der Waals surface area contributed by atoms with E-state index in [-0.39, 0.29) is 16.8 Å². The van der Waals surface area contributed by atoms with Crippen LogP contribution in [0.15, 0.2) is 83.8 Å². The van der Waals surface area contributed by atoms with Crippen LogP contribution in [0.4, 0.5) is 11.4 Å². The standard InChI is InChI=1S/C29H35N3O3S/c1-4-5-17-32(26-13-7-6-8-14-26)36(34,35)28-16-10-12-25(21-28)29(33)30-18-19-31(24(3)22-30)27-15-9-11-23(2)20-27/h6-16,20-21,24H,4-5,17-19,22H2,1-3H3/t24-/m0/s1. The summed E-state index contributed by atoms with van der Waals surface area (Å²) in [7, 11) is -3.82. The van der Waals surface area contributed by atoms with Crippen LogP contribution in [0.5, 0.6) is 0 Å². The molecule has 0 radical (unpaired) electrons. The lowest BCUT2D eigenvalue weighted by molar-refractivity contribution is 0.0726. The van der Waals surface area contributed by atoms with E-state index in [1.807, 2.05) is 30.0 Å². The summed E-state index contributed by atoms with van der Waals surface area (Å²) in [4.78, 5) is 17.7. The number of aryl methyl sites for hydroxylation is 1. The Morgan fingerprint density at radius 2 is 1.72 bits per heavy atom. The molecule has 0 spiro atoms. The van der Waals surface area contributed by atoms with Crippen molar-refractivity contribution in [2.45, 2.75) is 44.6 Å². The van der Waals surface area contributed by atoms with E-state index in [1.54, 1.807) is 30.3 Å². The number of amides is 1. The highest BCUT2D eigenvalue weighted by Crippen LogP contribution is 2.26. The molecule has 1 heterocycles. The van der Waals surface area contributed by atoms with Crippen LogP contribution in [0.25, 0.3) is 0 Å². The molecule has 1 aliphatic rings. The third-order valence-electron chi connectivity index (χ3n) is 6.68. The molecule has 3 aromatic carbocycles. The van der Waals surface area contributed by atoms with Crippen LogP contribution in [0, 0.1) is 6.92 Å². The van der Waals surface area contributed by atoms with Gasteiger partial charge in [0, 0.05) is 43.5 Å². The van der Waals surface area contributed by atoms with Gasteiger partial charge in [-0.25, -0.2) is 8.42 Å². The summed E-state index contributed by atoms with van der Waals surface area (Å²) < 4.78 is 28.8. The van der Waals surface area contributed by atoms with Crippen LogP contribution in [-0.4, -0.2) is 51.4 Å². The van der Waals surface area contributed by atoms with E-state index in [4.69, 9.17) is 0 Å². The van der Waals surface area contributed by atoms with Gasteiger partial charge in [0.2, 0.25) is 0 Å². The van der Waals surface area contributed by atoms with E-state index >= 15 is 0 Å². The number of piperazine rings is 1. The molecule has 1 aliphatic heterocycles. The maximum Gasteiger partial charge on any atom is 0.264 e. The molecule has 6 nitrogen and oxygen atoms in total. The number of benzene rings is 3. The summed E-state index contributed by atoms with van der Waals surface area (Å²) in [5, 5.41) is 0. The molecule has 1 amide bonds. The van der Waals surface area contributed by atoms with Crippen LogP contribution in [0.3, 0.4) is 0 Å². The number of unbranched alkanes of at least 4 members (excludes halogenated alkanes) is 1. The van der Waals surface area contributed by atoms with E-state index in [0.29, 0.717) is 30.9 Å². The van der Waals surface area contributed by atoms with E-state index in [2.05, 4.69) is 43.0 Å². The van der Waals surface area contributed by atoms with Gasteiger partial charge in [0.25, 0.3) is 15.9 Å². The van der Waals surface area contributed by atoms with Gasteiger partial charge in [0.1, 0.15) is 0 Å². The Bertz CT molecular complexity index is 1290. The van der Waals surface area contributed by atoms with Gasteiger partial charge in [-0.15, -0.1) is 0 Å². The second-order valence-electron chi connectivity index (χ2n) is 9.43. The second kappa shape index (κ2) is 11.2. The monoisotopic (exact) mass is 505 g/mol. The predicted molar refractivity (Wildman–Crippen MR) is 146 cm³/mol. The molecule has 1 saturated heterocycles. The highest BCUT2D eigenvalue weighted by molar-refractivity contribution is 7.92. The van der Waals surface area contributed by atoms with Gasteiger partial charge in [-0.1, -0.05) is 49.7 Å². The fourth-order valence-corrected chi connectivity index (χ4v) is 6.27. The summed E-state index contributed by atoms with van der Waals surface area (Å²) in [6.45, 7) is 8.52. The largest absolute Gasteiger partial charge is 0.365 e. The molecule has 0 aliphatic carbocycles. The Kier molecular flexibility index (Phi) is 7.99. The average Bonchev–Trinajstić information content (AvgIpc) is 2.89. The molecule has 0 saturated carbocycles. The van der Waals surface area contributed by atoms with Crippen LogP contribution in [-0.2, 0) is 10.0 Å². The zero-order valence-electron chi connectivity index (χ0n) is 21.3. The van der Waals surface area contributed by atoms with Gasteiger partial charge < -0.3 is 9.80 Å². The number of carbonyl (C=O) groups is 1. The Morgan fingerprint density at radius 3 is 2.42 bits per heavy atom. The third kappa shape index (κ3) is 5.57. The molecule has 1 atom stereocenters. The first-order chi connectivity index (χ1) is 17.3. The fraction of sp³-hybridized carbons (Fsp3) is 0.345. The van der Waals surface area contributed by atoms with Gasteiger partial charge in [0.05, 0.1) is 10.6 Å².